The van der Waals surface area contributed by atoms with Gasteiger partial charge in [0.2, 0.25) is 10.0 Å². The number of anilines is 1. The third-order valence-electron chi connectivity index (χ3n) is 2.70. The van der Waals surface area contributed by atoms with Crippen LogP contribution in [0.5, 0.6) is 0 Å². The van der Waals surface area contributed by atoms with Gasteiger partial charge in [-0.3, -0.25) is 0 Å². The molecule has 4 nitrogen and oxygen atoms in total. The summed E-state index contributed by atoms with van der Waals surface area (Å²) in [7, 11) is -3.54. The Labute approximate surface area is 120 Å². The van der Waals surface area contributed by atoms with Gasteiger partial charge in [0.1, 0.15) is 0 Å². The van der Waals surface area contributed by atoms with E-state index in [9.17, 15) is 8.42 Å². The molecule has 0 aliphatic rings. The van der Waals surface area contributed by atoms with Crippen molar-refractivity contribution in [1.29, 1.82) is 0 Å². The van der Waals surface area contributed by atoms with E-state index in [0.717, 1.165) is 0 Å². The number of halogens is 1. The molecular weight excluding hydrogens is 284 g/mol. The first kappa shape index (κ1) is 16.3. The van der Waals surface area contributed by atoms with Gasteiger partial charge in [-0.15, -0.1) is 0 Å². The molecule has 19 heavy (non-hydrogen) atoms. The predicted octanol–water partition coefficient (Wildman–Crippen LogP) is 2.98. The summed E-state index contributed by atoms with van der Waals surface area (Å²) in [4.78, 5) is 0.184. The Morgan fingerprint density at radius 3 is 2.26 bits per heavy atom. The van der Waals surface area contributed by atoms with E-state index in [1.165, 1.54) is 22.5 Å². The van der Waals surface area contributed by atoms with Gasteiger partial charge in [0.25, 0.3) is 0 Å². The Balaban J connectivity index is 3.22. The van der Waals surface area contributed by atoms with Gasteiger partial charge >= 0.3 is 0 Å². The first-order chi connectivity index (χ1) is 8.66. The lowest BCUT2D eigenvalue weighted by Crippen LogP contribution is -2.39. The van der Waals surface area contributed by atoms with Gasteiger partial charge < -0.3 is 5.73 Å². The third-order valence-corrected chi connectivity index (χ3v) is 5.08. The van der Waals surface area contributed by atoms with Crippen LogP contribution < -0.4 is 5.73 Å². The summed E-state index contributed by atoms with van der Waals surface area (Å²) in [6.45, 7) is 8.17. The fourth-order valence-electron chi connectivity index (χ4n) is 1.76. The van der Waals surface area contributed by atoms with Crippen LogP contribution in [0.4, 0.5) is 5.69 Å². The second-order valence-corrected chi connectivity index (χ2v) is 7.54. The molecule has 0 saturated heterocycles. The van der Waals surface area contributed by atoms with Crippen LogP contribution in [0.1, 0.15) is 27.7 Å². The van der Waals surface area contributed by atoms with Crippen molar-refractivity contribution in [2.24, 2.45) is 5.92 Å². The maximum atomic E-state index is 12.6. The molecule has 0 bridgehead atoms. The average Bonchev–Trinajstić information content (AvgIpc) is 2.28. The van der Waals surface area contributed by atoms with Crippen LogP contribution in [0.25, 0.3) is 0 Å². The van der Waals surface area contributed by atoms with Crippen LogP contribution >= 0.6 is 11.6 Å². The highest BCUT2D eigenvalue weighted by Gasteiger charge is 2.27. The van der Waals surface area contributed by atoms with Gasteiger partial charge in [0, 0.05) is 12.6 Å². The van der Waals surface area contributed by atoms with E-state index in [-0.39, 0.29) is 22.5 Å². The van der Waals surface area contributed by atoms with Crippen molar-refractivity contribution in [3.8, 4) is 0 Å². The highest BCUT2D eigenvalue weighted by Crippen LogP contribution is 2.25. The van der Waals surface area contributed by atoms with E-state index >= 15 is 0 Å². The third kappa shape index (κ3) is 3.84. The molecule has 0 atom stereocenters. The number of sulfonamides is 1. The molecule has 0 radical (unpaired) electrons. The van der Waals surface area contributed by atoms with E-state index < -0.39 is 10.0 Å². The summed E-state index contributed by atoms with van der Waals surface area (Å²) in [5, 5.41) is 0.360. The Morgan fingerprint density at radius 2 is 1.84 bits per heavy atom. The van der Waals surface area contributed by atoms with Crippen LogP contribution in [0.15, 0.2) is 23.1 Å². The molecule has 108 valence electrons. The molecule has 0 spiro atoms. The van der Waals surface area contributed by atoms with Crippen LogP contribution in [-0.4, -0.2) is 25.3 Å². The fourth-order valence-corrected chi connectivity index (χ4v) is 3.72. The molecule has 1 aromatic rings. The van der Waals surface area contributed by atoms with Gasteiger partial charge in [0.15, 0.2) is 0 Å². The monoisotopic (exact) mass is 304 g/mol. The lowest BCUT2D eigenvalue weighted by atomic mass is 10.2. The zero-order valence-electron chi connectivity index (χ0n) is 11.7. The minimum Gasteiger partial charge on any atom is -0.397 e. The van der Waals surface area contributed by atoms with E-state index in [0.29, 0.717) is 11.6 Å². The van der Waals surface area contributed by atoms with Crippen LogP contribution in [-0.2, 0) is 10.0 Å². The minimum atomic E-state index is -3.54. The lowest BCUT2D eigenvalue weighted by Gasteiger charge is -2.27. The topological polar surface area (TPSA) is 63.4 Å². The van der Waals surface area contributed by atoms with Crippen molar-refractivity contribution >= 4 is 27.3 Å². The molecule has 1 aromatic carbocycles. The van der Waals surface area contributed by atoms with Gasteiger partial charge in [0.05, 0.1) is 15.6 Å². The predicted molar refractivity (Wildman–Crippen MR) is 79.7 cm³/mol. The van der Waals surface area contributed by atoms with Crippen molar-refractivity contribution < 1.29 is 8.42 Å². The quantitative estimate of drug-likeness (QED) is 0.851. The molecule has 6 heteroatoms. The van der Waals surface area contributed by atoms with E-state index in [4.69, 9.17) is 17.3 Å². The van der Waals surface area contributed by atoms with Gasteiger partial charge in [-0.05, 0) is 38.0 Å². The van der Waals surface area contributed by atoms with Crippen LogP contribution in [0.3, 0.4) is 0 Å². The number of rotatable bonds is 5. The zero-order valence-corrected chi connectivity index (χ0v) is 13.3. The fraction of sp³-hybridized carbons (Fsp3) is 0.538. The summed E-state index contributed by atoms with van der Waals surface area (Å²) < 4.78 is 26.7. The summed E-state index contributed by atoms with van der Waals surface area (Å²) in [6.07, 6.45) is 0. The molecule has 0 heterocycles. The highest BCUT2D eigenvalue weighted by molar-refractivity contribution is 7.89. The summed E-state index contributed by atoms with van der Waals surface area (Å²) in [6, 6.07) is 4.30. The second-order valence-electron chi connectivity index (χ2n) is 5.25. The Bertz CT molecular complexity index is 542. The number of hydrogen-bond donors (Lipinski definition) is 1. The first-order valence-corrected chi connectivity index (χ1v) is 8.05. The van der Waals surface area contributed by atoms with E-state index in [1.807, 2.05) is 27.7 Å². The zero-order chi connectivity index (χ0) is 14.8. The maximum absolute atomic E-state index is 12.6. The SMILES string of the molecule is CC(C)CN(C(C)C)S(=O)(=O)c1ccc(Cl)c(N)c1. The molecule has 2 N–H and O–H groups in total. The van der Waals surface area contributed by atoms with Crippen molar-refractivity contribution in [1.82, 2.24) is 4.31 Å². The molecular formula is C13H21ClN2O2S. The van der Waals surface area contributed by atoms with Gasteiger partial charge in [-0.2, -0.15) is 4.31 Å². The Morgan fingerprint density at radius 1 is 1.26 bits per heavy atom. The Hall–Kier alpha value is -0.780. The van der Waals surface area contributed by atoms with Crippen LogP contribution in [0, 0.1) is 5.92 Å². The second kappa shape index (κ2) is 6.11. The van der Waals surface area contributed by atoms with Crippen molar-refractivity contribution in [3.63, 3.8) is 0 Å². The number of nitrogens with two attached hydrogens (primary N) is 1. The highest BCUT2D eigenvalue weighted by atomic mass is 35.5. The number of nitrogens with zero attached hydrogens (tertiary/aromatic N) is 1. The average molecular weight is 305 g/mol. The first-order valence-electron chi connectivity index (χ1n) is 6.23. The maximum Gasteiger partial charge on any atom is 0.243 e. The molecule has 0 fully saturated rings. The summed E-state index contributed by atoms with van der Waals surface area (Å²) >= 11 is 5.82. The van der Waals surface area contributed by atoms with Gasteiger partial charge in [-0.1, -0.05) is 25.4 Å². The Kier molecular flexibility index (Phi) is 5.24. The standard InChI is InChI=1S/C13H21ClN2O2S/c1-9(2)8-16(10(3)4)19(17,18)11-5-6-12(14)13(15)7-11/h5-7,9-10H,8,15H2,1-4H3. The van der Waals surface area contributed by atoms with Crippen molar-refractivity contribution in [2.45, 2.75) is 38.6 Å². The number of benzene rings is 1. The molecule has 1 rings (SSSR count). The normalized spacial score (nSPS) is 12.6. The number of hydrogen-bond acceptors (Lipinski definition) is 3. The van der Waals surface area contributed by atoms with Crippen molar-refractivity contribution in [2.75, 3.05) is 12.3 Å². The largest absolute Gasteiger partial charge is 0.397 e. The molecule has 0 amide bonds. The molecule has 0 unspecified atom stereocenters. The summed E-state index contributed by atoms with van der Waals surface area (Å²) in [5.41, 5.74) is 5.95. The van der Waals surface area contributed by atoms with E-state index in [2.05, 4.69) is 0 Å². The lowest BCUT2D eigenvalue weighted by molar-refractivity contribution is 0.319. The molecule has 0 saturated carbocycles. The molecule has 0 aliphatic heterocycles. The van der Waals surface area contributed by atoms with Gasteiger partial charge in [-0.25, -0.2) is 8.42 Å². The minimum absolute atomic E-state index is 0.107. The van der Waals surface area contributed by atoms with E-state index in [1.54, 1.807) is 0 Å². The molecule has 0 aliphatic carbocycles. The molecule has 0 aromatic heterocycles. The smallest absolute Gasteiger partial charge is 0.243 e. The van der Waals surface area contributed by atoms with Crippen molar-refractivity contribution in [3.05, 3.63) is 23.2 Å². The summed E-state index contributed by atoms with van der Waals surface area (Å²) in [5.74, 6) is 0.252. The number of nitrogen functional groups attached to an aromatic ring is 1. The van der Waals surface area contributed by atoms with Crippen LogP contribution in [0.2, 0.25) is 5.02 Å².